The maximum absolute atomic E-state index is 13.7. The third-order valence-electron chi connectivity index (χ3n) is 4.51. The fourth-order valence-electron chi connectivity index (χ4n) is 2.89. The van der Waals surface area contributed by atoms with E-state index in [1.807, 2.05) is 13.0 Å². The van der Waals surface area contributed by atoms with E-state index in [9.17, 15) is 9.18 Å². The van der Waals surface area contributed by atoms with Gasteiger partial charge in [-0.1, -0.05) is 18.1 Å². The van der Waals surface area contributed by atoms with Crippen LogP contribution in [-0.4, -0.2) is 30.6 Å². The number of rotatable bonds is 6. The lowest BCUT2D eigenvalue weighted by atomic mass is 10.1. The van der Waals surface area contributed by atoms with Crippen LogP contribution in [0.15, 0.2) is 41.1 Å². The molecule has 1 aromatic carbocycles. The van der Waals surface area contributed by atoms with Crippen molar-refractivity contribution in [2.24, 2.45) is 0 Å². The van der Waals surface area contributed by atoms with Crippen LogP contribution in [0.4, 0.5) is 4.39 Å². The average Bonchev–Trinajstić information content (AvgIpc) is 3.35. The molecule has 9 heteroatoms. The van der Waals surface area contributed by atoms with E-state index in [1.165, 1.54) is 6.07 Å². The Labute approximate surface area is 165 Å². The van der Waals surface area contributed by atoms with Crippen molar-refractivity contribution in [1.29, 1.82) is 0 Å². The molecule has 0 bridgehead atoms. The molecule has 0 spiro atoms. The first kappa shape index (κ1) is 18.7. The molecule has 1 amide bonds. The fourth-order valence-corrected chi connectivity index (χ4v) is 2.89. The van der Waals surface area contributed by atoms with Crippen molar-refractivity contribution < 1.29 is 13.7 Å². The van der Waals surface area contributed by atoms with E-state index in [1.54, 1.807) is 35.7 Å². The van der Waals surface area contributed by atoms with Crippen molar-refractivity contribution >= 4 is 11.6 Å². The maximum atomic E-state index is 13.7. The molecule has 29 heavy (non-hydrogen) atoms. The molecule has 0 aliphatic carbocycles. The van der Waals surface area contributed by atoms with E-state index in [-0.39, 0.29) is 18.0 Å². The smallest absolute Gasteiger partial charge is 0.258 e. The number of nitrogens with zero attached hydrogens (tertiary/aromatic N) is 5. The van der Waals surface area contributed by atoms with Gasteiger partial charge in [-0.05, 0) is 43.2 Å². The SMILES string of the molecule is CCCc1noc(-c2ccn3c(CNC(=O)c4ccc(C)c(F)c4)nnc3c2)n1. The van der Waals surface area contributed by atoms with Crippen LogP contribution < -0.4 is 5.32 Å². The number of benzene rings is 1. The normalized spacial score (nSPS) is 11.1. The quantitative estimate of drug-likeness (QED) is 0.540. The highest BCUT2D eigenvalue weighted by Crippen LogP contribution is 2.19. The maximum Gasteiger partial charge on any atom is 0.258 e. The monoisotopic (exact) mass is 394 g/mol. The Bertz CT molecular complexity index is 1180. The van der Waals surface area contributed by atoms with Crippen molar-refractivity contribution in [3.8, 4) is 11.5 Å². The van der Waals surface area contributed by atoms with Gasteiger partial charge < -0.3 is 9.84 Å². The van der Waals surface area contributed by atoms with E-state index >= 15 is 0 Å². The second-order valence-electron chi connectivity index (χ2n) is 6.67. The molecule has 0 aliphatic rings. The predicted octanol–water partition coefficient (Wildman–Crippen LogP) is 3.11. The summed E-state index contributed by atoms with van der Waals surface area (Å²) in [6.45, 7) is 3.84. The first-order valence-corrected chi connectivity index (χ1v) is 9.26. The summed E-state index contributed by atoms with van der Waals surface area (Å²) >= 11 is 0. The first-order chi connectivity index (χ1) is 14.0. The summed E-state index contributed by atoms with van der Waals surface area (Å²) < 4.78 is 20.7. The van der Waals surface area contributed by atoms with E-state index in [0.717, 1.165) is 18.4 Å². The molecule has 8 nitrogen and oxygen atoms in total. The van der Waals surface area contributed by atoms with Gasteiger partial charge >= 0.3 is 0 Å². The number of hydrogen-bond acceptors (Lipinski definition) is 6. The average molecular weight is 394 g/mol. The third-order valence-corrected chi connectivity index (χ3v) is 4.51. The van der Waals surface area contributed by atoms with Crippen LogP contribution >= 0.6 is 0 Å². The number of halogens is 1. The van der Waals surface area contributed by atoms with E-state index in [2.05, 4.69) is 25.7 Å². The van der Waals surface area contributed by atoms with Gasteiger partial charge in [-0.3, -0.25) is 9.20 Å². The molecule has 148 valence electrons. The van der Waals surface area contributed by atoms with Crippen LogP contribution in [0.25, 0.3) is 17.1 Å². The van der Waals surface area contributed by atoms with Crippen molar-refractivity contribution in [2.45, 2.75) is 33.2 Å². The molecule has 0 saturated carbocycles. The second kappa shape index (κ2) is 7.78. The number of pyridine rings is 1. The number of aromatic nitrogens is 5. The standard InChI is InChI=1S/C20H19FN6O2/c1-3-4-16-23-20(29-26-16)14-7-8-27-17(10-14)24-25-18(27)11-22-19(28)13-6-5-12(2)15(21)9-13/h5-10H,3-4,11H2,1-2H3,(H,22,28). The molecule has 0 aliphatic heterocycles. The van der Waals surface area contributed by atoms with Gasteiger partial charge in [0.1, 0.15) is 5.82 Å². The lowest BCUT2D eigenvalue weighted by Gasteiger charge is -2.05. The van der Waals surface area contributed by atoms with Crippen LogP contribution in [0, 0.1) is 12.7 Å². The number of fused-ring (bicyclic) bond motifs is 1. The topological polar surface area (TPSA) is 98.2 Å². The van der Waals surface area contributed by atoms with Crippen molar-refractivity contribution in [3.05, 3.63) is 65.1 Å². The highest BCUT2D eigenvalue weighted by molar-refractivity contribution is 5.94. The molecule has 0 unspecified atom stereocenters. The lowest BCUT2D eigenvalue weighted by molar-refractivity contribution is 0.0949. The third kappa shape index (κ3) is 3.84. The Hall–Kier alpha value is -3.62. The lowest BCUT2D eigenvalue weighted by Crippen LogP contribution is -2.24. The minimum atomic E-state index is -0.416. The minimum absolute atomic E-state index is 0.149. The molecule has 0 radical (unpaired) electrons. The van der Waals surface area contributed by atoms with Gasteiger partial charge in [0.2, 0.25) is 0 Å². The Morgan fingerprint density at radius 1 is 1.24 bits per heavy atom. The predicted molar refractivity (Wildman–Crippen MR) is 103 cm³/mol. The van der Waals surface area contributed by atoms with Gasteiger partial charge in [0.05, 0.1) is 6.54 Å². The molecule has 3 heterocycles. The minimum Gasteiger partial charge on any atom is -0.345 e. The van der Waals surface area contributed by atoms with Crippen LogP contribution in [0.2, 0.25) is 0 Å². The number of hydrogen-bond donors (Lipinski definition) is 1. The Morgan fingerprint density at radius 2 is 2.10 bits per heavy atom. The molecule has 3 aromatic heterocycles. The number of carbonyl (C=O) groups is 1. The first-order valence-electron chi connectivity index (χ1n) is 9.26. The molecular weight excluding hydrogens is 375 g/mol. The highest BCUT2D eigenvalue weighted by Gasteiger charge is 2.13. The van der Waals surface area contributed by atoms with Gasteiger partial charge in [-0.25, -0.2) is 4.39 Å². The summed E-state index contributed by atoms with van der Waals surface area (Å²) in [6.07, 6.45) is 3.47. The van der Waals surface area contributed by atoms with Crippen molar-refractivity contribution in [1.82, 2.24) is 30.1 Å². The van der Waals surface area contributed by atoms with Gasteiger partial charge in [0.15, 0.2) is 17.3 Å². The summed E-state index contributed by atoms with van der Waals surface area (Å²) in [5, 5.41) is 14.9. The Kier molecular flexibility index (Phi) is 5.03. The van der Waals surface area contributed by atoms with Gasteiger partial charge in [-0.2, -0.15) is 4.98 Å². The van der Waals surface area contributed by atoms with Crippen molar-refractivity contribution in [2.75, 3.05) is 0 Å². The largest absolute Gasteiger partial charge is 0.345 e. The summed E-state index contributed by atoms with van der Waals surface area (Å²) in [6, 6.07) is 7.98. The summed E-state index contributed by atoms with van der Waals surface area (Å²) in [7, 11) is 0. The second-order valence-corrected chi connectivity index (χ2v) is 6.67. The zero-order valence-corrected chi connectivity index (χ0v) is 16.0. The van der Waals surface area contributed by atoms with Crippen LogP contribution in [0.3, 0.4) is 0 Å². The number of amides is 1. The number of aryl methyl sites for hydroxylation is 2. The van der Waals surface area contributed by atoms with E-state index in [0.29, 0.717) is 28.8 Å². The highest BCUT2D eigenvalue weighted by atomic mass is 19.1. The molecule has 4 aromatic rings. The van der Waals surface area contributed by atoms with Gasteiger partial charge in [-0.15, -0.1) is 10.2 Å². The summed E-state index contributed by atoms with van der Waals surface area (Å²) in [4.78, 5) is 16.6. The zero-order valence-electron chi connectivity index (χ0n) is 16.0. The number of nitrogens with one attached hydrogen (secondary N) is 1. The summed E-state index contributed by atoms with van der Waals surface area (Å²) in [5.41, 5.74) is 2.07. The number of carbonyl (C=O) groups excluding carboxylic acids is 1. The molecule has 0 saturated heterocycles. The Balaban J connectivity index is 1.50. The van der Waals surface area contributed by atoms with Crippen molar-refractivity contribution in [3.63, 3.8) is 0 Å². The van der Waals surface area contributed by atoms with Gasteiger partial charge in [0.25, 0.3) is 11.8 Å². The zero-order chi connectivity index (χ0) is 20.4. The van der Waals surface area contributed by atoms with Crippen LogP contribution in [0.5, 0.6) is 0 Å². The molecule has 4 rings (SSSR count). The molecule has 1 N–H and O–H groups in total. The fraction of sp³-hybridized carbons (Fsp3) is 0.250. The molecule has 0 atom stereocenters. The van der Waals surface area contributed by atoms with E-state index < -0.39 is 5.82 Å². The van der Waals surface area contributed by atoms with E-state index in [4.69, 9.17) is 4.52 Å². The summed E-state index contributed by atoms with van der Waals surface area (Å²) in [5.74, 6) is 0.840. The molecule has 0 fully saturated rings. The Morgan fingerprint density at radius 3 is 2.90 bits per heavy atom. The van der Waals surface area contributed by atoms with Crippen LogP contribution in [-0.2, 0) is 13.0 Å². The van der Waals surface area contributed by atoms with Crippen LogP contribution in [0.1, 0.15) is 40.9 Å². The molecular formula is C20H19FN6O2. The van der Waals surface area contributed by atoms with Gasteiger partial charge in [0, 0.05) is 23.7 Å².